The molecule has 0 saturated carbocycles. The summed E-state index contributed by atoms with van der Waals surface area (Å²) in [6.45, 7) is 4.00. The van der Waals surface area contributed by atoms with Gasteiger partial charge in [0.25, 0.3) is 11.5 Å². The van der Waals surface area contributed by atoms with E-state index in [2.05, 4.69) is 10.3 Å². The number of pyridine rings is 1. The number of benzene rings is 1. The van der Waals surface area contributed by atoms with E-state index < -0.39 is 0 Å². The lowest BCUT2D eigenvalue weighted by atomic mass is 10.1. The Morgan fingerprint density at radius 3 is 2.88 bits per heavy atom. The van der Waals surface area contributed by atoms with Crippen molar-refractivity contribution in [2.24, 2.45) is 0 Å². The van der Waals surface area contributed by atoms with Gasteiger partial charge in [0.05, 0.1) is 22.5 Å². The summed E-state index contributed by atoms with van der Waals surface area (Å²) in [4.78, 5) is 34.9. The number of nitrogens with one attached hydrogen (secondary N) is 1. The molecule has 6 nitrogen and oxygen atoms in total. The average molecular weight is 334 g/mol. The lowest BCUT2D eigenvalue weighted by molar-refractivity contribution is 0.0935. The van der Waals surface area contributed by atoms with E-state index in [1.807, 2.05) is 26.0 Å². The van der Waals surface area contributed by atoms with Gasteiger partial charge in [-0.1, -0.05) is 19.4 Å². The smallest absolute Gasteiger partial charge is 0.267 e. The number of rotatable bonds is 2. The van der Waals surface area contributed by atoms with Crippen LogP contribution < -0.4 is 10.9 Å². The van der Waals surface area contributed by atoms with Crippen LogP contribution in [0.25, 0.3) is 16.7 Å². The van der Waals surface area contributed by atoms with Gasteiger partial charge in [0.1, 0.15) is 5.82 Å². The minimum absolute atomic E-state index is 0.197. The topological polar surface area (TPSA) is 76.9 Å². The highest BCUT2D eigenvalue weighted by atomic mass is 16.2. The van der Waals surface area contributed by atoms with E-state index in [0.29, 0.717) is 34.5 Å². The van der Waals surface area contributed by atoms with Crippen LogP contribution in [-0.2, 0) is 0 Å². The molecule has 1 aliphatic heterocycles. The van der Waals surface area contributed by atoms with Crippen molar-refractivity contribution in [3.8, 4) is 5.82 Å². The molecule has 3 heterocycles. The number of nitrogens with zero attached hydrogens (tertiary/aromatic N) is 3. The number of fused-ring (bicyclic) bond motifs is 4. The third-order valence-electron chi connectivity index (χ3n) is 4.49. The number of carbonyl (C=O) groups is 1. The van der Waals surface area contributed by atoms with Crippen molar-refractivity contribution in [3.05, 3.63) is 63.8 Å². The van der Waals surface area contributed by atoms with Crippen LogP contribution in [0.4, 0.5) is 0 Å². The Morgan fingerprint density at radius 2 is 2.08 bits per heavy atom. The van der Waals surface area contributed by atoms with Crippen LogP contribution >= 0.6 is 0 Å². The second-order valence-corrected chi connectivity index (χ2v) is 6.32. The highest BCUT2D eigenvalue weighted by Crippen LogP contribution is 2.26. The average Bonchev–Trinajstić information content (AvgIpc) is 2.71. The zero-order valence-electron chi connectivity index (χ0n) is 14.1. The number of aromatic nitrogens is 3. The van der Waals surface area contributed by atoms with Crippen LogP contribution in [0.3, 0.4) is 0 Å². The highest BCUT2D eigenvalue weighted by Gasteiger charge is 2.29. The first kappa shape index (κ1) is 15.5. The highest BCUT2D eigenvalue weighted by molar-refractivity contribution is 5.98. The molecule has 0 bridgehead atoms. The lowest BCUT2D eigenvalue weighted by Crippen LogP contribution is -2.30. The van der Waals surface area contributed by atoms with E-state index in [-0.39, 0.29) is 17.5 Å². The van der Waals surface area contributed by atoms with Crippen LogP contribution in [0.1, 0.15) is 47.6 Å². The van der Waals surface area contributed by atoms with Gasteiger partial charge in [0, 0.05) is 6.20 Å². The van der Waals surface area contributed by atoms with E-state index in [0.717, 1.165) is 12.0 Å². The third-order valence-corrected chi connectivity index (χ3v) is 4.49. The van der Waals surface area contributed by atoms with E-state index in [4.69, 9.17) is 4.98 Å². The standard InChI is InChI=1S/C19H18N4O2/c1-3-5-14-17-21-15-10-11(2)7-8-12(15)19(25)23(17)16-13(18(24)22-14)6-4-9-20-16/h4,6-10,14H,3,5H2,1-2H3,(H,22,24). The van der Waals surface area contributed by atoms with Crippen molar-refractivity contribution in [1.82, 2.24) is 19.9 Å². The fourth-order valence-electron chi connectivity index (χ4n) is 3.29. The van der Waals surface area contributed by atoms with Crippen molar-refractivity contribution in [2.75, 3.05) is 0 Å². The van der Waals surface area contributed by atoms with Crippen LogP contribution in [0, 0.1) is 6.92 Å². The van der Waals surface area contributed by atoms with Crippen LogP contribution in [0.2, 0.25) is 0 Å². The van der Waals surface area contributed by atoms with Gasteiger partial charge in [-0.05, 0) is 43.2 Å². The van der Waals surface area contributed by atoms with Gasteiger partial charge in [0.2, 0.25) is 0 Å². The maximum absolute atomic E-state index is 13.2. The SMILES string of the molecule is CCCC1NC(=O)c2cccnc2-n2c1nc1cc(C)ccc1c2=O. The summed E-state index contributed by atoms with van der Waals surface area (Å²) < 4.78 is 1.49. The number of aryl methyl sites for hydroxylation is 1. The van der Waals surface area contributed by atoms with Gasteiger partial charge < -0.3 is 5.32 Å². The molecule has 1 atom stereocenters. The Kier molecular flexibility index (Phi) is 3.60. The van der Waals surface area contributed by atoms with E-state index in [1.54, 1.807) is 24.4 Å². The van der Waals surface area contributed by atoms with Crippen molar-refractivity contribution >= 4 is 16.8 Å². The molecule has 0 saturated heterocycles. The minimum Gasteiger partial charge on any atom is -0.342 e. The Hall–Kier alpha value is -3.02. The monoisotopic (exact) mass is 334 g/mol. The van der Waals surface area contributed by atoms with E-state index >= 15 is 0 Å². The molecule has 0 aliphatic carbocycles. The van der Waals surface area contributed by atoms with Crippen LogP contribution in [0.15, 0.2) is 41.3 Å². The molecule has 25 heavy (non-hydrogen) atoms. The zero-order valence-corrected chi connectivity index (χ0v) is 14.1. The first-order chi connectivity index (χ1) is 12.1. The molecule has 1 aromatic carbocycles. The van der Waals surface area contributed by atoms with Crippen LogP contribution in [-0.4, -0.2) is 20.4 Å². The Morgan fingerprint density at radius 1 is 1.24 bits per heavy atom. The van der Waals surface area contributed by atoms with Gasteiger partial charge in [-0.2, -0.15) is 0 Å². The summed E-state index contributed by atoms with van der Waals surface area (Å²) in [7, 11) is 0. The van der Waals surface area contributed by atoms with Gasteiger partial charge >= 0.3 is 0 Å². The molecule has 0 spiro atoms. The predicted octanol–water partition coefficient (Wildman–Crippen LogP) is 2.67. The van der Waals surface area contributed by atoms with Gasteiger partial charge in [-0.25, -0.2) is 14.5 Å². The number of amides is 1. The van der Waals surface area contributed by atoms with Gasteiger partial charge in [-0.3, -0.25) is 9.59 Å². The quantitative estimate of drug-likeness (QED) is 0.782. The molecular formula is C19H18N4O2. The summed E-state index contributed by atoms with van der Waals surface area (Å²) in [6.07, 6.45) is 3.14. The van der Waals surface area contributed by atoms with Crippen molar-refractivity contribution in [3.63, 3.8) is 0 Å². The number of hydrogen-bond donors (Lipinski definition) is 1. The Bertz CT molecular complexity index is 1050. The molecular weight excluding hydrogens is 316 g/mol. The number of hydrogen-bond acceptors (Lipinski definition) is 4. The first-order valence-corrected chi connectivity index (χ1v) is 8.39. The van der Waals surface area contributed by atoms with Gasteiger partial charge in [-0.15, -0.1) is 0 Å². The molecule has 1 amide bonds. The Balaban J connectivity index is 2.13. The lowest BCUT2D eigenvalue weighted by Gasteiger charge is -2.18. The van der Waals surface area contributed by atoms with Crippen molar-refractivity contribution < 1.29 is 4.79 Å². The number of carbonyl (C=O) groups excluding carboxylic acids is 1. The summed E-state index contributed by atoms with van der Waals surface area (Å²) in [5.41, 5.74) is 1.87. The van der Waals surface area contributed by atoms with Crippen molar-refractivity contribution in [1.29, 1.82) is 0 Å². The molecule has 4 rings (SSSR count). The molecule has 1 N–H and O–H groups in total. The summed E-state index contributed by atoms with van der Waals surface area (Å²) in [5.74, 6) is 0.649. The minimum atomic E-state index is -0.329. The zero-order chi connectivity index (χ0) is 17.6. The maximum Gasteiger partial charge on any atom is 0.267 e. The molecule has 1 unspecified atom stereocenters. The summed E-state index contributed by atoms with van der Waals surface area (Å²) in [5, 5.41) is 3.52. The second kappa shape index (κ2) is 5.81. The second-order valence-electron chi connectivity index (χ2n) is 6.32. The van der Waals surface area contributed by atoms with E-state index in [9.17, 15) is 9.59 Å². The molecule has 0 fully saturated rings. The molecule has 1 aliphatic rings. The van der Waals surface area contributed by atoms with Crippen molar-refractivity contribution in [2.45, 2.75) is 32.7 Å². The third kappa shape index (κ3) is 2.41. The molecule has 0 radical (unpaired) electrons. The molecule has 6 heteroatoms. The Labute approximate surface area is 144 Å². The van der Waals surface area contributed by atoms with Gasteiger partial charge in [0.15, 0.2) is 5.82 Å². The molecule has 2 aromatic heterocycles. The fourth-order valence-corrected chi connectivity index (χ4v) is 3.29. The molecule has 126 valence electrons. The van der Waals surface area contributed by atoms with E-state index in [1.165, 1.54) is 4.57 Å². The molecule has 3 aromatic rings. The summed E-state index contributed by atoms with van der Waals surface area (Å²) in [6, 6.07) is 8.62. The summed E-state index contributed by atoms with van der Waals surface area (Å²) >= 11 is 0. The normalized spacial score (nSPS) is 16.1. The first-order valence-electron chi connectivity index (χ1n) is 8.39. The van der Waals surface area contributed by atoms with Crippen LogP contribution in [0.5, 0.6) is 0 Å². The fraction of sp³-hybridized carbons (Fsp3) is 0.263. The predicted molar refractivity (Wildman–Crippen MR) is 95.0 cm³/mol. The largest absolute Gasteiger partial charge is 0.342 e. The maximum atomic E-state index is 13.2.